The van der Waals surface area contributed by atoms with Gasteiger partial charge in [-0.3, -0.25) is 28.8 Å². The van der Waals surface area contributed by atoms with E-state index in [0.717, 1.165) is 77.0 Å². The van der Waals surface area contributed by atoms with Crippen molar-refractivity contribution in [2.24, 2.45) is 5.73 Å². The fraction of sp³-hybridized carbons (Fsp3) is 0.872. The van der Waals surface area contributed by atoms with Gasteiger partial charge in [0.05, 0.1) is 25.0 Å². The van der Waals surface area contributed by atoms with Gasteiger partial charge in [-0.05, 0) is 57.9 Å². The van der Waals surface area contributed by atoms with Crippen LogP contribution in [0.1, 0.15) is 220 Å². The van der Waals surface area contributed by atoms with E-state index in [2.05, 4.69) is 36.7 Å². The number of carboxylic acid groups (broad SMARTS) is 1. The van der Waals surface area contributed by atoms with Crippen LogP contribution in [0.3, 0.4) is 0 Å². The van der Waals surface area contributed by atoms with Crippen LogP contribution in [0.5, 0.6) is 0 Å². The Balaban J connectivity index is 5.28. The van der Waals surface area contributed by atoms with Gasteiger partial charge in [0.1, 0.15) is 12.6 Å². The molecule has 0 heterocycles. The zero-order chi connectivity index (χ0) is 45.4. The first-order valence-corrected chi connectivity index (χ1v) is 24.3. The largest absolute Gasteiger partial charge is 0.481 e. The summed E-state index contributed by atoms with van der Waals surface area (Å²) in [5.74, 6) is -3.96. The normalized spacial score (nSPS) is 13.1. The van der Waals surface area contributed by atoms with Crippen LogP contribution in [-0.2, 0) is 38.2 Å². The number of rotatable bonds is 43. The number of aliphatic carboxylic acids is 1. The number of carboxylic acids is 1. The summed E-state index contributed by atoms with van der Waals surface area (Å²) in [4.78, 5) is 76.6. The monoisotopic (exact) mass is 869 g/mol. The molecule has 14 nitrogen and oxygen atoms in total. The molecule has 4 atom stereocenters. The van der Waals surface area contributed by atoms with E-state index in [1.54, 1.807) is 0 Å². The quantitative estimate of drug-likeness (QED) is 0.0254. The van der Waals surface area contributed by atoms with Crippen molar-refractivity contribution in [2.75, 3.05) is 19.7 Å². The Kier molecular flexibility index (Phi) is 38.6. The third-order valence-electron chi connectivity index (χ3n) is 10.9. The zero-order valence-corrected chi connectivity index (χ0v) is 38.6. The lowest BCUT2D eigenvalue weighted by Gasteiger charge is -2.22. The fourth-order valence-electron chi connectivity index (χ4n) is 7.12. The van der Waals surface area contributed by atoms with Crippen molar-refractivity contribution < 1.29 is 48.5 Å². The molecule has 0 aromatic rings. The number of nitrogens with two attached hydrogens (primary N) is 1. The number of aliphatic hydroxyl groups excluding tert-OH is 1. The summed E-state index contributed by atoms with van der Waals surface area (Å²) in [5, 5.41) is 28.2. The van der Waals surface area contributed by atoms with Gasteiger partial charge in [0.25, 0.3) is 5.91 Å². The molecular weight excluding hydrogens is 781 g/mol. The summed E-state index contributed by atoms with van der Waals surface area (Å²) < 4.78 is 11.1. The lowest BCUT2D eigenvalue weighted by atomic mass is 10.0. The van der Waals surface area contributed by atoms with Crippen molar-refractivity contribution in [3.8, 4) is 0 Å². The smallest absolute Gasteiger partial charge is 0.306 e. The van der Waals surface area contributed by atoms with Crippen molar-refractivity contribution in [3.05, 3.63) is 0 Å². The molecular formula is C47H88N4O10. The van der Waals surface area contributed by atoms with Gasteiger partial charge < -0.3 is 41.4 Å². The van der Waals surface area contributed by atoms with Crippen LogP contribution in [0, 0.1) is 0 Å². The minimum Gasteiger partial charge on any atom is -0.481 e. The topological polar surface area (TPSA) is 223 Å². The van der Waals surface area contributed by atoms with Crippen LogP contribution in [0.15, 0.2) is 0 Å². The van der Waals surface area contributed by atoms with Gasteiger partial charge in [0, 0.05) is 19.4 Å². The van der Waals surface area contributed by atoms with Crippen molar-refractivity contribution in [1.82, 2.24) is 16.0 Å². The third-order valence-corrected chi connectivity index (χ3v) is 10.9. The molecule has 1 unspecified atom stereocenters. The van der Waals surface area contributed by atoms with Crippen molar-refractivity contribution in [1.29, 1.82) is 0 Å². The molecule has 0 saturated heterocycles. The molecule has 0 radical (unpaired) electrons. The summed E-state index contributed by atoms with van der Waals surface area (Å²) in [6.45, 7) is 6.97. The average molecular weight is 869 g/mol. The Morgan fingerprint density at radius 1 is 0.557 bits per heavy atom. The molecule has 0 aliphatic rings. The van der Waals surface area contributed by atoms with E-state index in [4.69, 9.17) is 15.2 Å². The summed E-state index contributed by atoms with van der Waals surface area (Å²) in [7, 11) is 0. The van der Waals surface area contributed by atoms with Crippen LogP contribution in [-0.4, -0.2) is 89.8 Å². The number of carbonyl (C=O) groups is 6. The third kappa shape index (κ3) is 36.0. The zero-order valence-electron chi connectivity index (χ0n) is 38.6. The predicted octanol–water partition coefficient (Wildman–Crippen LogP) is 8.08. The molecule has 14 heteroatoms. The molecule has 0 aliphatic heterocycles. The number of unbranched alkanes of at least 4 members (excludes halogenated alkanes) is 19. The molecule has 0 rings (SSSR count). The number of aliphatic hydroxyl groups is 1. The average Bonchev–Trinajstić information content (AvgIpc) is 3.22. The van der Waals surface area contributed by atoms with Gasteiger partial charge in [-0.2, -0.15) is 0 Å². The maximum atomic E-state index is 13.4. The van der Waals surface area contributed by atoms with E-state index in [1.165, 1.54) is 51.4 Å². The lowest BCUT2D eigenvalue weighted by molar-refractivity contribution is -0.157. The Morgan fingerprint density at radius 2 is 1.07 bits per heavy atom. The van der Waals surface area contributed by atoms with Gasteiger partial charge in [0.2, 0.25) is 11.8 Å². The minimum atomic E-state index is -1.41. The predicted molar refractivity (Wildman–Crippen MR) is 241 cm³/mol. The van der Waals surface area contributed by atoms with E-state index in [1.807, 2.05) is 0 Å². The molecule has 0 aromatic carbocycles. The van der Waals surface area contributed by atoms with Crippen molar-refractivity contribution in [2.45, 2.75) is 244 Å². The van der Waals surface area contributed by atoms with E-state index in [0.29, 0.717) is 45.1 Å². The van der Waals surface area contributed by atoms with E-state index in [-0.39, 0.29) is 44.7 Å². The SMILES string of the molecule is CCCCCCCCCCC[C@@H](O)CC(=O)N[C@H](CCCNC(=O)[C@@H](CC(=O)O)NC(=O)C(CCCCCC)OC(=O)CCCCCCCCC)COC(=O)CCCCCN. The summed E-state index contributed by atoms with van der Waals surface area (Å²) in [6.07, 6.45) is 22.4. The Bertz CT molecular complexity index is 1160. The van der Waals surface area contributed by atoms with Crippen LogP contribution in [0.4, 0.5) is 0 Å². The highest BCUT2D eigenvalue weighted by atomic mass is 16.5. The molecule has 0 saturated carbocycles. The van der Waals surface area contributed by atoms with Gasteiger partial charge in [-0.15, -0.1) is 0 Å². The van der Waals surface area contributed by atoms with E-state index >= 15 is 0 Å². The second-order valence-electron chi connectivity index (χ2n) is 16.8. The number of amides is 3. The first-order valence-electron chi connectivity index (χ1n) is 24.3. The molecule has 3 amide bonds. The Hall–Kier alpha value is -3.26. The second kappa shape index (κ2) is 40.8. The maximum absolute atomic E-state index is 13.4. The highest BCUT2D eigenvalue weighted by molar-refractivity contribution is 5.92. The van der Waals surface area contributed by atoms with Crippen LogP contribution < -0.4 is 21.7 Å². The highest BCUT2D eigenvalue weighted by Gasteiger charge is 2.29. The molecule has 0 fully saturated rings. The molecule has 356 valence electrons. The van der Waals surface area contributed by atoms with E-state index < -0.39 is 60.4 Å². The van der Waals surface area contributed by atoms with Crippen LogP contribution >= 0.6 is 0 Å². The first-order chi connectivity index (χ1) is 29.5. The standard InChI is InChI=1S/C47H88N4O10/c1-4-7-10-13-15-16-18-19-22-29-39(52)35-42(53)50-38(37-60-44(56)31-25-21-26-33-48)28-27-34-49-46(58)40(36-43(54)55)51-47(59)41(30-23-12-9-6-3)61-45(57)32-24-20-17-14-11-8-5-2/h38-41,52H,4-37,48H2,1-3H3,(H,49,58)(H,50,53)(H,51,59)(H,54,55)/t38-,39-,40-,41?/m1/s1. The number of hydrogen-bond acceptors (Lipinski definition) is 10. The van der Waals surface area contributed by atoms with Crippen molar-refractivity contribution in [3.63, 3.8) is 0 Å². The second-order valence-corrected chi connectivity index (χ2v) is 16.8. The number of nitrogens with one attached hydrogen (secondary N) is 3. The Morgan fingerprint density at radius 3 is 1.64 bits per heavy atom. The van der Waals surface area contributed by atoms with Gasteiger partial charge in [-0.25, -0.2) is 0 Å². The molecule has 0 spiro atoms. The van der Waals surface area contributed by atoms with Crippen LogP contribution in [0.25, 0.3) is 0 Å². The summed E-state index contributed by atoms with van der Waals surface area (Å²) >= 11 is 0. The number of carbonyl (C=O) groups excluding carboxylic acids is 5. The van der Waals surface area contributed by atoms with E-state index in [9.17, 15) is 39.0 Å². The maximum Gasteiger partial charge on any atom is 0.306 e. The molecule has 7 N–H and O–H groups in total. The first kappa shape index (κ1) is 57.7. The number of esters is 2. The van der Waals surface area contributed by atoms with Gasteiger partial charge >= 0.3 is 17.9 Å². The van der Waals surface area contributed by atoms with Gasteiger partial charge in [0.15, 0.2) is 6.10 Å². The Labute approximate surface area is 368 Å². The molecule has 0 bridgehead atoms. The molecule has 61 heavy (non-hydrogen) atoms. The fourth-order valence-corrected chi connectivity index (χ4v) is 7.12. The summed E-state index contributed by atoms with van der Waals surface area (Å²) in [5.41, 5.74) is 5.54. The lowest BCUT2D eigenvalue weighted by Crippen LogP contribution is -2.51. The van der Waals surface area contributed by atoms with Crippen LogP contribution in [0.2, 0.25) is 0 Å². The number of ether oxygens (including phenoxy) is 2. The number of hydrogen-bond donors (Lipinski definition) is 6. The van der Waals surface area contributed by atoms with Gasteiger partial charge in [-0.1, -0.05) is 143 Å². The highest BCUT2D eigenvalue weighted by Crippen LogP contribution is 2.15. The van der Waals surface area contributed by atoms with Crippen molar-refractivity contribution >= 4 is 35.6 Å². The minimum absolute atomic E-state index is 0.0815. The molecule has 0 aromatic heterocycles. The summed E-state index contributed by atoms with van der Waals surface area (Å²) in [6, 6.07) is -2.00. The molecule has 0 aliphatic carbocycles.